The first-order chi connectivity index (χ1) is 7.74. The Morgan fingerprint density at radius 3 is 3.00 bits per heavy atom. The van der Waals surface area contributed by atoms with Crippen LogP contribution in [-0.2, 0) is 7.05 Å². The molecule has 2 aromatic heterocycles. The molecule has 0 radical (unpaired) electrons. The van der Waals surface area contributed by atoms with Gasteiger partial charge in [-0.15, -0.1) is 0 Å². The minimum atomic E-state index is 0.935. The Labute approximate surface area is 100 Å². The molecule has 0 spiro atoms. The zero-order valence-corrected chi connectivity index (χ0v) is 10.2. The fourth-order valence-corrected chi connectivity index (χ4v) is 2.11. The molecular formula is C11H9BrN4. The van der Waals surface area contributed by atoms with Crippen molar-refractivity contribution in [1.29, 1.82) is 0 Å². The van der Waals surface area contributed by atoms with Crippen molar-refractivity contribution in [2.45, 2.75) is 0 Å². The Bertz CT molecular complexity index is 653. The summed E-state index contributed by atoms with van der Waals surface area (Å²) in [4.78, 5) is 0. The molecule has 0 aliphatic carbocycles. The van der Waals surface area contributed by atoms with E-state index >= 15 is 0 Å². The lowest BCUT2D eigenvalue weighted by molar-refractivity contribution is 0.768. The van der Waals surface area contributed by atoms with Gasteiger partial charge in [-0.25, -0.2) is 0 Å². The molecule has 0 aliphatic heterocycles. The number of halogens is 1. The summed E-state index contributed by atoms with van der Waals surface area (Å²) in [5, 5.41) is 12.6. The third kappa shape index (κ3) is 1.44. The second-order valence-corrected chi connectivity index (χ2v) is 4.58. The molecule has 0 unspecified atom stereocenters. The van der Waals surface area contributed by atoms with Gasteiger partial charge in [-0.05, 0) is 18.2 Å². The lowest BCUT2D eigenvalue weighted by Gasteiger charge is -1.93. The summed E-state index contributed by atoms with van der Waals surface area (Å²) in [7, 11) is 1.90. The van der Waals surface area contributed by atoms with Crippen LogP contribution in [0, 0.1) is 0 Å². The predicted molar refractivity (Wildman–Crippen MR) is 66.0 cm³/mol. The van der Waals surface area contributed by atoms with Gasteiger partial charge in [-0.3, -0.25) is 9.78 Å². The molecule has 80 valence electrons. The van der Waals surface area contributed by atoms with Crippen LogP contribution in [0.1, 0.15) is 0 Å². The number of benzene rings is 1. The summed E-state index contributed by atoms with van der Waals surface area (Å²) >= 11 is 3.47. The average Bonchev–Trinajstić information content (AvgIpc) is 2.83. The molecule has 2 heterocycles. The summed E-state index contributed by atoms with van der Waals surface area (Å²) in [6, 6.07) is 6.06. The Hall–Kier alpha value is -1.62. The van der Waals surface area contributed by atoms with E-state index in [0.717, 1.165) is 26.6 Å². The van der Waals surface area contributed by atoms with Crippen molar-refractivity contribution in [3.63, 3.8) is 0 Å². The monoisotopic (exact) mass is 276 g/mol. The van der Waals surface area contributed by atoms with E-state index in [1.165, 1.54) is 0 Å². The standard InChI is InChI=1S/C11H9BrN4/c1-16-6-7(5-13-16)11-9-4-8(12)2-3-10(9)14-15-11/h2-6H,1H3,(H,14,15). The highest BCUT2D eigenvalue weighted by Crippen LogP contribution is 2.27. The number of nitrogens with one attached hydrogen (secondary N) is 1. The molecule has 0 aliphatic rings. The number of rotatable bonds is 1. The van der Waals surface area contributed by atoms with Crippen molar-refractivity contribution in [2.24, 2.45) is 7.05 Å². The first-order valence-corrected chi connectivity index (χ1v) is 5.66. The van der Waals surface area contributed by atoms with Crippen molar-refractivity contribution in [1.82, 2.24) is 20.0 Å². The van der Waals surface area contributed by atoms with E-state index in [1.807, 2.05) is 31.6 Å². The lowest BCUT2D eigenvalue weighted by atomic mass is 10.1. The fourth-order valence-electron chi connectivity index (χ4n) is 1.75. The highest BCUT2D eigenvalue weighted by molar-refractivity contribution is 9.10. The van der Waals surface area contributed by atoms with E-state index in [1.54, 1.807) is 4.68 Å². The molecule has 3 aromatic rings. The molecule has 0 amide bonds. The van der Waals surface area contributed by atoms with Crippen molar-refractivity contribution in [3.05, 3.63) is 35.1 Å². The average molecular weight is 277 g/mol. The van der Waals surface area contributed by atoms with Crippen LogP contribution >= 0.6 is 15.9 Å². The van der Waals surface area contributed by atoms with Gasteiger partial charge in [0.25, 0.3) is 0 Å². The van der Waals surface area contributed by atoms with Crippen LogP contribution in [0.15, 0.2) is 35.1 Å². The molecule has 4 nitrogen and oxygen atoms in total. The summed E-state index contributed by atoms with van der Waals surface area (Å²) < 4.78 is 2.82. The van der Waals surface area contributed by atoms with Crippen molar-refractivity contribution in [3.8, 4) is 11.3 Å². The fraction of sp³-hybridized carbons (Fsp3) is 0.0909. The Kier molecular flexibility index (Phi) is 2.07. The first-order valence-electron chi connectivity index (χ1n) is 4.87. The minimum absolute atomic E-state index is 0.935. The van der Waals surface area contributed by atoms with E-state index in [9.17, 15) is 0 Å². The van der Waals surface area contributed by atoms with Crippen LogP contribution in [0.25, 0.3) is 22.2 Å². The molecule has 1 N–H and O–H groups in total. The lowest BCUT2D eigenvalue weighted by Crippen LogP contribution is -1.84. The Morgan fingerprint density at radius 1 is 1.38 bits per heavy atom. The molecular weight excluding hydrogens is 268 g/mol. The van der Waals surface area contributed by atoms with Crippen molar-refractivity contribution in [2.75, 3.05) is 0 Å². The normalized spacial score (nSPS) is 11.1. The maximum atomic E-state index is 4.32. The van der Waals surface area contributed by atoms with Gasteiger partial charge in [-0.1, -0.05) is 15.9 Å². The predicted octanol–water partition coefficient (Wildman–Crippen LogP) is 2.73. The second-order valence-electron chi connectivity index (χ2n) is 3.66. The van der Waals surface area contributed by atoms with Crippen LogP contribution in [0.2, 0.25) is 0 Å². The van der Waals surface area contributed by atoms with Gasteiger partial charge in [-0.2, -0.15) is 10.2 Å². The zero-order valence-electron chi connectivity index (χ0n) is 8.61. The third-order valence-electron chi connectivity index (χ3n) is 2.50. The highest BCUT2D eigenvalue weighted by Gasteiger charge is 2.09. The SMILES string of the molecule is Cn1cc(-c2n[nH]c3ccc(Br)cc23)cn1. The molecule has 0 saturated heterocycles. The molecule has 1 aromatic carbocycles. The zero-order chi connectivity index (χ0) is 11.1. The van der Waals surface area contributed by atoms with Crippen LogP contribution < -0.4 is 0 Å². The van der Waals surface area contributed by atoms with E-state index in [-0.39, 0.29) is 0 Å². The number of hydrogen-bond acceptors (Lipinski definition) is 2. The van der Waals surface area contributed by atoms with E-state index < -0.39 is 0 Å². The van der Waals surface area contributed by atoms with E-state index in [4.69, 9.17) is 0 Å². The number of aromatic nitrogens is 4. The molecule has 16 heavy (non-hydrogen) atoms. The number of aromatic amines is 1. The van der Waals surface area contributed by atoms with E-state index in [2.05, 4.69) is 37.3 Å². The molecule has 3 rings (SSSR count). The second kappa shape index (κ2) is 3.45. The molecule has 0 saturated carbocycles. The molecule has 0 bridgehead atoms. The largest absolute Gasteiger partial charge is 0.277 e. The van der Waals surface area contributed by atoms with Crippen LogP contribution in [0.5, 0.6) is 0 Å². The Balaban J connectivity index is 2.27. The smallest absolute Gasteiger partial charge is 0.103 e. The van der Waals surface area contributed by atoms with Crippen LogP contribution in [0.3, 0.4) is 0 Å². The minimum Gasteiger partial charge on any atom is -0.277 e. The van der Waals surface area contributed by atoms with Crippen LogP contribution in [-0.4, -0.2) is 20.0 Å². The maximum Gasteiger partial charge on any atom is 0.103 e. The molecule has 0 fully saturated rings. The molecule has 5 heteroatoms. The summed E-state index contributed by atoms with van der Waals surface area (Å²) in [5.41, 5.74) is 2.98. The molecule has 0 atom stereocenters. The number of nitrogens with zero attached hydrogens (tertiary/aromatic N) is 3. The van der Waals surface area contributed by atoms with Gasteiger partial charge >= 0.3 is 0 Å². The van der Waals surface area contributed by atoms with Gasteiger partial charge in [0, 0.05) is 28.7 Å². The number of fused-ring (bicyclic) bond motifs is 1. The summed E-state index contributed by atoms with van der Waals surface area (Å²) in [6.45, 7) is 0. The quantitative estimate of drug-likeness (QED) is 0.743. The van der Waals surface area contributed by atoms with Crippen molar-refractivity contribution >= 4 is 26.8 Å². The first kappa shape index (κ1) is 9.59. The topological polar surface area (TPSA) is 46.5 Å². The third-order valence-corrected chi connectivity index (χ3v) is 3.00. The highest BCUT2D eigenvalue weighted by atomic mass is 79.9. The van der Waals surface area contributed by atoms with Gasteiger partial charge in [0.1, 0.15) is 5.69 Å². The van der Waals surface area contributed by atoms with Gasteiger partial charge in [0.2, 0.25) is 0 Å². The number of H-pyrrole nitrogens is 1. The Morgan fingerprint density at radius 2 is 2.25 bits per heavy atom. The summed E-state index contributed by atoms with van der Waals surface area (Å²) in [6.07, 6.45) is 3.77. The number of hydrogen-bond donors (Lipinski definition) is 1. The maximum absolute atomic E-state index is 4.32. The van der Waals surface area contributed by atoms with Gasteiger partial charge in [0.05, 0.1) is 11.7 Å². The van der Waals surface area contributed by atoms with Gasteiger partial charge < -0.3 is 0 Å². The number of aryl methyl sites for hydroxylation is 1. The van der Waals surface area contributed by atoms with E-state index in [0.29, 0.717) is 0 Å². The van der Waals surface area contributed by atoms with Crippen molar-refractivity contribution < 1.29 is 0 Å². The summed E-state index contributed by atoms with van der Waals surface area (Å²) in [5.74, 6) is 0. The van der Waals surface area contributed by atoms with Gasteiger partial charge in [0.15, 0.2) is 0 Å². The van der Waals surface area contributed by atoms with Crippen LogP contribution in [0.4, 0.5) is 0 Å².